The van der Waals surface area contributed by atoms with Crippen LogP contribution in [0, 0.1) is 18.8 Å². The number of nitrogens with zero attached hydrogens (tertiary/aromatic N) is 2. The van der Waals surface area contributed by atoms with E-state index in [-0.39, 0.29) is 35.6 Å². The molecule has 0 aromatic heterocycles. The molecule has 1 aliphatic rings. The molecule has 0 spiro atoms. The summed E-state index contributed by atoms with van der Waals surface area (Å²) in [5.74, 6) is 0.0207. The van der Waals surface area contributed by atoms with Gasteiger partial charge in [-0.2, -0.15) is 0 Å². The molecular formula is C27H43N3O3. The second-order valence-corrected chi connectivity index (χ2v) is 9.61. The van der Waals surface area contributed by atoms with Crippen LogP contribution in [-0.4, -0.2) is 59.2 Å². The van der Waals surface area contributed by atoms with E-state index in [1.807, 2.05) is 49.6 Å². The Morgan fingerprint density at radius 1 is 1.03 bits per heavy atom. The van der Waals surface area contributed by atoms with Gasteiger partial charge in [-0.25, -0.2) is 0 Å². The molecule has 33 heavy (non-hydrogen) atoms. The molecule has 0 radical (unpaired) electrons. The van der Waals surface area contributed by atoms with E-state index in [0.717, 1.165) is 37.7 Å². The van der Waals surface area contributed by atoms with Crippen molar-refractivity contribution in [3.8, 4) is 0 Å². The van der Waals surface area contributed by atoms with E-state index in [0.29, 0.717) is 25.2 Å². The Balaban J connectivity index is 2.07. The first kappa shape index (κ1) is 26.9. The quantitative estimate of drug-likeness (QED) is 0.566. The smallest absolute Gasteiger partial charge is 0.251 e. The summed E-state index contributed by atoms with van der Waals surface area (Å²) in [6.07, 6.45) is 4.72. The largest absolute Gasteiger partial charge is 0.340 e. The Morgan fingerprint density at radius 3 is 2.24 bits per heavy atom. The number of hydrogen-bond donors (Lipinski definition) is 1. The standard InChI is InChI=1S/C27H43N3O3/c1-7-10-11-22(9-3)26(32)30-17-16-29(18-21(30)6)27(33)24(20(5)8-2)28-25(31)23-14-12-19(4)13-15-23/h12-15,20-22,24H,7-11,16-18H2,1-6H3,(H,28,31)/t20-,21-,22+,24-/m1/s1. The molecule has 0 bridgehead atoms. The van der Waals surface area contributed by atoms with Gasteiger partial charge < -0.3 is 15.1 Å². The SMILES string of the molecule is CCCC[C@H](CC)C(=O)N1CCN(C(=O)[C@H](NC(=O)c2ccc(C)cc2)[C@H](C)CC)C[C@H]1C. The van der Waals surface area contributed by atoms with Crippen LogP contribution < -0.4 is 5.32 Å². The molecule has 1 aliphatic heterocycles. The first-order valence-electron chi connectivity index (χ1n) is 12.7. The number of carbonyl (C=O) groups is 3. The Labute approximate surface area is 200 Å². The summed E-state index contributed by atoms with van der Waals surface area (Å²) >= 11 is 0. The number of aryl methyl sites for hydroxylation is 1. The molecule has 4 atom stereocenters. The van der Waals surface area contributed by atoms with Gasteiger partial charge in [-0.1, -0.05) is 64.7 Å². The lowest BCUT2D eigenvalue weighted by atomic mass is 9.95. The minimum Gasteiger partial charge on any atom is -0.340 e. The van der Waals surface area contributed by atoms with Gasteiger partial charge in [-0.05, 0) is 44.7 Å². The van der Waals surface area contributed by atoms with Crippen molar-refractivity contribution in [2.45, 2.75) is 85.7 Å². The fraction of sp³-hybridized carbons (Fsp3) is 0.667. The van der Waals surface area contributed by atoms with Gasteiger partial charge in [0.2, 0.25) is 11.8 Å². The van der Waals surface area contributed by atoms with Gasteiger partial charge in [0.25, 0.3) is 5.91 Å². The number of nitrogens with one attached hydrogen (secondary N) is 1. The minimum absolute atomic E-state index is 0.0142. The second kappa shape index (κ2) is 12.8. The van der Waals surface area contributed by atoms with Crippen LogP contribution in [0.5, 0.6) is 0 Å². The van der Waals surface area contributed by atoms with Crippen molar-refractivity contribution in [3.05, 3.63) is 35.4 Å². The first-order chi connectivity index (χ1) is 15.7. The predicted octanol–water partition coefficient (Wildman–Crippen LogP) is 4.42. The normalized spacial score (nSPS) is 19.0. The maximum atomic E-state index is 13.5. The summed E-state index contributed by atoms with van der Waals surface area (Å²) in [6.45, 7) is 13.8. The highest BCUT2D eigenvalue weighted by Gasteiger charge is 2.36. The molecular weight excluding hydrogens is 414 g/mol. The lowest BCUT2D eigenvalue weighted by Crippen LogP contribution is -2.60. The van der Waals surface area contributed by atoms with Crippen molar-refractivity contribution in [1.29, 1.82) is 0 Å². The maximum Gasteiger partial charge on any atom is 0.251 e. The molecule has 1 fully saturated rings. The average molecular weight is 458 g/mol. The highest BCUT2D eigenvalue weighted by Crippen LogP contribution is 2.21. The van der Waals surface area contributed by atoms with Crippen LogP contribution in [0.1, 0.15) is 82.6 Å². The van der Waals surface area contributed by atoms with Crippen molar-refractivity contribution in [2.75, 3.05) is 19.6 Å². The first-order valence-corrected chi connectivity index (χ1v) is 12.7. The zero-order valence-electron chi connectivity index (χ0n) is 21.4. The Kier molecular flexibility index (Phi) is 10.4. The molecule has 1 N–H and O–H groups in total. The number of amides is 3. The third-order valence-electron chi connectivity index (χ3n) is 7.05. The van der Waals surface area contributed by atoms with Crippen LogP contribution in [0.25, 0.3) is 0 Å². The van der Waals surface area contributed by atoms with Crippen LogP contribution in [-0.2, 0) is 9.59 Å². The van der Waals surface area contributed by atoms with E-state index in [1.54, 1.807) is 12.1 Å². The number of carbonyl (C=O) groups excluding carboxylic acids is 3. The summed E-state index contributed by atoms with van der Waals surface area (Å²) in [4.78, 5) is 43.2. The predicted molar refractivity (Wildman–Crippen MR) is 133 cm³/mol. The van der Waals surface area contributed by atoms with Crippen LogP contribution in [0.3, 0.4) is 0 Å². The van der Waals surface area contributed by atoms with Crippen molar-refractivity contribution in [3.63, 3.8) is 0 Å². The summed E-state index contributed by atoms with van der Waals surface area (Å²) in [7, 11) is 0. The van der Waals surface area contributed by atoms with E-state index in [1.165, 1.54) is 0 Å². The topological polar surface area (TPSA) is 69.7 Å². The molecule has 1 aromatic rings. The number of benzene rings is 1. The third-order valence-corrected chi connectivity index (χ3v) is 7.05. The van der Waals surface area contributed by atoms with Gasteiger partial charge >= 0.3 is 0 Å². The van der Waals surface area contributed by atoms with Crippen LogP contribution in [0.15, 0.2) is 24.3 Å². The molecule has 184 valence electrons. The molecule has 1 heterocycles. The number of rotatable bonds is 10. The molecule has 0 aliphatic carbocycles. The van der Waals surface area contributed by atoms with E-state index in [9.17, 15) is 14.4 Å². The van der Waals surface area contributed by atoms with Crippen molar-refractivity contribution >= 4 is 17.7 Å². The maximum absolute atomic E-state index is 13.5. The summed E-state index contributed by atoms with van der Waals surface area (Å²) < 4.78 is 0. The zero-order chi connectivity index (χ0) is 24.5. The number of piperazine rings is 1. The lowest BCUT2D eigenvalue weighted by Gasteiger charge is -2.42. The summed E-state index contributed by atoms with van der Waals surface area (Å²) in [6, 6.07) is 6.77. The Hall–Kier alpha value is -2.37. The summed E-state index contributed by atoms with van der Waals surface area (Å²) in [5, 5.41) is 2.99. The van der Waals surface area contributed by atoms with Crippen molar-refractivity contribution in [2.24, 2.45) is 11.8 Å². The molecule has 3 amide bonds. The van der Waals surface area contributed by atoms with Crippen LogP contribution >= 0.6 is 0 Å². The second-order valence-electron chi connectivity index (χ2n) is 9.61. The van der Waals surface area contributed by atoms with Gasteiger partial charge in [0, 0.05) is 37.2 Å². The highest BCUT2D eigenvalue weighted by atomic mass is 16.2. The van der Waals surface area contributed by atoms with Gasteiger partial charge in [-0.3, -0.25) is 14.4 Å². The van der Waals surface area contributed by atoms with Crippen LogP contribution in [0.2, 0.25) is 0 Å². The van der Waals surface area contributed by atoms with Crippen LogP contribution in [0.4, 0.5) is 0 Å². The van der Waals surface area contributed by atoms with Gasteiger partial charge in [0.05, 0.1) is 0 Å². The molecule has 0 unspecified atom stereocenters. The Morgan fingerprint density at radius 2 is 1.70 bits per heavy atom. The molecule has 6 heteroatoms. The molecule has 6 nitrogen and oxygen atoms in total. The monoisotopic (exact) mass is 457 g/mol. The molecule has 1 saturated heterocycles. The molecule has 1 aromatic carbocycles. The van der Waals surface area contributed by atoms with Gasteiger partial charge in [0.1, 0.15) is 6.04 Å². The zero-order valence-corrected chi connectivity index (χ0v) is 21.4. The van der Waals surface area contributed by atoms with E-state index in [2.05, 4.69) is 19.2 Å². The van der Waals surface area contributed by atoms with Crippen molar-refractivity contribution < 1.29 is 14.4 Å². The van der Waals surface area contributed by atoms with Gasteiger partial charge in [0.15, 0.2) is 0 Å². The lowest BCUT2D eigenvalue weighted by molar-refractivity contribution is -0.146. The Bertz CT molecular complexity index is 792. The fourth-order valence-electron chi connectivity index (χ4n) is 4.48. The molecule has 2 rings (SSSR count). The van der Waals surface area contributed by atoms with E-state index in [4.69, 9.17) is 0 Å². The fourth-order valence-corrected chi connectivity index (χ4v) is 4.48. The van der Waals surface area contributed by atoms with Gasteiger partial charge in [-0.15, -0.1) is 0 Å². The van der Waals surface area contributed by atoms with E-state index < -0.39 is 6.04 Å². The number of hydrogen-bond acceptors (Lipinski definition) is 3. The minimum atomic E-state index is -0.578. The molecule has 0 saturated carbocycles. The van der Waals surface area contributed by atoms with E-state index >= 15 is 0 Å². The highest BCUT2D eigenvalue weighted by molar-refractivity contribution is 5.97. The number of unbranched alkanes of at least 4 members (excludes halogenated alkanes) is 1. The summed E-state index contributed by atoms with van der Waals surface area (Å²) in [5.41, 5.74) is 1.64. The van der Waals surface area contributed by atoms with Crippen molar-refractivity contribution in [1.82, 2.24) is 15.1 Å². The average Bonchev–Trinajstić information content (AvgIpc) is 2.82. The third kappa shape index (κ3) is 7.05.